The SMILES string of the molecule is CC1(COCCCCOc2cccc(Br)c2)COC1.CC1(COCCCCOc2cccc(C(c3ccc(-c4ccccc4)cc3)c3ccc(-c4ccccc4)cc3)c2)COC1.c1ccc(-c2ccc(Nc3ccc(-c4ccccc4)cc3)cc2)cc1. The van der Waals surface area contributed by atoms with Crippen molar-refractivity contribution in [2.24, 2.45) is 10.8 Å². The van der Waals surface area contributed by atoms with Gasteiger partial charge < -0.3 is 33.7 Å². The van der Waals surface area contributed by atoms with Crippen LogP contribution < -0.4 is 14.8 Å². The molecule has 2 aliphatic heterocycles. The van der Waals surface area contributed by atoms with Crippen LogP contribution in [0.25, 0.3) is 44.5 Å². The highest BCUT2D eigenvalue weighted by Crippen LogP contribution is 2.37. The summed E-state index contributed by atoms with van der Waals surface area (Å²) in [7, 11) is 0. The molecule has 1 N–H and O–H groups in total. The average molecular weight is 1220 g/mol. The van der Waals surface area contributed by atoms with E-state index in [0.717, 1.165) is 112 Å². The summed E-state index contributed by atoms with van der Waals surface area (Å²) in [4.78, 5) is 0. The summed E-state index contributed by atoms with van der Waals surface area (Å²) in [6, 6.07) is 93.5. The molecule has 2 aliphatic rings. The van der Waals surface area contributed by atoms with Crippen molar-refractivity contribution in [3.8, 4) is 56.0 Å². The summed E-state index contributed by atoms with van der Waals surface area (Å²) in [6.07, 6.45) is 3.99. The van der Waals surface area contributed by atoms with Gasteiger partial charge in [-0.15, -0.1) is 0 Å². The number of halogens is 1. The predicted molar refractivity (Wildman–Crippen MR) is 361 cm³/mol. The van der Waals surface area contributed by atoms with Gasteiger partial charge in [0, 0.05) is 45.8 Å². The second kappa shape index (κ2) is 32.1. The number of hydrogen-bond donors (Lipinski definition) is 1. The normalized spacial score (nSPS) is 13.6. The van der Waals surface area contributed by atoms with Crippen LogP contribution >= 0.6 is 15.9 Å². The third-order valence-corrected chi connectivity index (χ3v) is 16.1. The predicted octanol–water partition coefficient (Wildman–Crippen LogP) is 19.8. The quantitative estimate of drug-likeness (QED) is 0.0452. The fourth-order valence-electron chi connectivity index (χ4n) is 10.5. The topological polar surface area (TPSA) is 67.4 Å². The minimum atomic E-state index is 0.0865. The molecule has 0 radical (unpaired) electrons. The van der Waals surface area contributed by atoms with Crippen molar-refractivity contribution < 1.29 is 28.4 Å². The molecule has 0 atom stereocenters. The molecule has 0 spiro atoms. The molecule has 87 heavy (non-hydrogen) atoms. The van der Waals surface area contributed by atoms with Gasteiger partial charge in [-0.2, -0.15) is 0 Å². The molecule has 0 saturated carbocycles. The average Bonchev–Trinajstić information content (AvgIpc) is 3.73. The molecule has 0 bridgehead atoms. The van der Waals surface area contributed by atoms with Gasteiger partial charge >= 0.3 is 0 Å². The van der Waals surface area contributed by atoms with Crippen molar-refractivity contribution in [3.05, 3.63) is 288 Å². The molecule has 8 heteroatoms. The van der Waals surface area contributed by atoms with Gasteiger partial charge in [-0.25, -0.2) is 0 Å². The Morgan fingerprint density at radius 3 is 1.05 bits per heavy atom. The monoisotopic (exact) mass is 1220 g/mol. The molecule has 444 valence electrons. The molecule has 2 fully saturated rings. The van der Waals surface area contributed by atoms with Gasteiger partial charge in [-0.05, 0) is 141 Å². The molecule has 0 aromatic heterocycles. The molecule has 10 aromatic rings. The number of anilines is 2. The van der Waals surface area contributed by atoms with E-state index in [9.17, 15) is 0 Å². The Bertz CT molecular complexity index is 3410. The first-order chi connectivity index (χ1) is 42.7. The van der Waals surface area contributed by atoms with E-state index in [0.29, 0.717) is 6.61 Å². The van der Waals surface area contributed by atoms with Crippen LogP contribution in [0.2, 0.25) is 0 Å². The van der Waals surface area contributed by atoms with Gasteiger partial charge in [-0.3, -0.25) is 0 Å². The van der Waals surface area contributed by atoms with Crippen LogP contribution in [0.3, 0.4) is 0 Å². The molecule has 2 heterocycles. The first-order valence-corrected chi connectivity index (χ1v) is 31.3. The second-order valence-corrected chi connectivity index (χ2v) is 24.2. The molecule has 7 nitrogen and oxygen atoms in total. The van der Waals surface area contributed by atoms with Gasteiger partial charge in [0.1, 0.15) is 11.5 Å². The maximum Gasteiger partial charge on any atom is 0.120 e. The molecular weight excluding hydrogens is 1140 g/mol. The number of benzene rings is 10. The maximum absolute atomic E-state index is 6.23. The van der Waals surface area contributed by atoms with E-state index in [2.05, 4.69) is 266 Å². The Morgan fingerprint density at radius 2 is 0.690 bits per heavy atom. The molecular formula is C79H80BrNO6. The smallest absolute Gasteiger partial charge is 0.120 e. The van der Waals surface area contributed by atoms with E-state index in [4.69, 9.17) is 28.4 Å². The van der Waals surface area contributed by atoms with Crippen molar-refractivity contribution >= 4 is 27.3 Å². The Labute approximate surface area is 524 Å². The van der Waals surface area contributed by atoms with Crippen molar-refractivity contribution in [2.45, 2.75) is 45.4 Å². The van der Waals surface area contributed by atoms with Gasteiger partial charge in [0.25, 0.3) is 0 Å². The summed E-state index contributed by atoms with van der Waals surface area (Å²) in [5.41, 5.74) is 16.2. The highest BCUT2D eigenvalue weighted by molar-refractivity contribution is 9.10. The van der Waals surface area contributed by atoms with Gasteiger partial charge in [0.15, 0.2) is 0 Å². The van der Waals surface area contributed by atoms with Crippen LogP contribution in [0.5, 0.6) is 11.5 Å². The largest absolute Gasteiger partial charge is 0.494 e. The minimum Gasteiger partial charge on any atom is -0.494 e. The molecule has 10 aromatic carbocycles. The van der Waals surface area contributed by atoms with Crippen molar-refractivity contribution in [3.63, 3.8) is 0 Å². The highest BCUT2D eigenvalue weighted by atomic mass is 79.9. The van der Waals surface area contributed by atoms with Crippen LogP contribution in [-0.4, -0.2) is 66.1 Å². The maximum atomic E-state index is 6.23. The number of unbranched alkanes of at least 4 members (excludes halogenated alkanes) is 2. The molecule has 0 amide bonds. The Morgan fingerprint density at radius 1 is 0.356 bits per heavy atom. The van der Waals surface area contributed by atoms with Crippen molar-refractivity contribution in [2.75, 3.05) is 71.4 Å². The molecule has 0 unspecified atom stereocenters. The fraction of sp³-hybridized carbons (Fsp3) is 0.241. The second-order valence-electron chi connectivity index (χ2n) is 23.3. The van der Waals surface area contributed by atoms with Gasteiger partial charge in [-0.1, -0.05) is 242 Å². The van der Waals surface area contributed by atoms with Crippen molar-refractivity contribution in [1.82, 2.24) is 0 Å². The van der Waals surface area contributed by atoms with Gasteiger partial charge in [0.2, 0.25) is 0 Å². The number of hydrogen-bond acceptors (Lipinski definition) is 7. The number of nitrogens with one attached hydrogen (secondary N) is 1. The first-order valence-electron chi connectivity index (χ1n) is 30.5. The Kier molecular flexibility index (Phi) is 22.8. The molecule has 12 rings (SSSR count). The zero-order valence-corrected chi connectivity index (χ0v) is 51.8. The number of rotatable bonds is 25. The Balaban J connectivity index is 0.000000160. The standard InChI is InChI=1S/C40H40O3.C24H19N.C15H21BrO3/c1-40(29-42-30-40)28-41-25-8-9-26-43-38-16-10-15-37(27-38)39(35-21-17-33(18-22-35)31-11-4-2-5-12-31)36-23-19-34(20-24-36)32-13-6-3-7-14-32;1-3-7-19(8-4-1)21-11-15-23(16-12-21)25-24-17-13-22(14-18-24)20-9-5-2-6-10-20;1-15(11-18-12-15)10-17-7-2-3-8-19-14-6-4-5-13(16)9-14/h2-7,10-24,27,39H,8-9,25-26,28-30H2,1H3;1-18,25H;4-6,9H,2-3,7-8,10-12H2,1H3. The molecule has 2 saturated heterocycles. The zero-order chi connectivity index (χ0) is 59.8. The lowest BCUT2D eigenvalue weighted by Crippen LogP contribution is -2.43. The third-order valence-electron chi connectivity index (χ3n) is 15.6. The van der Waals surface area contributed by atoms with E-state index < -0.39 is 0 Å². The third kappa shape index (κ3) is 19.0. The van der Waals surface area contributed by atoms with E-state index in [1.807, 2.05) is 36.4 Å². The lowest BCUT2D eigenvalue weighted by molar-refractivity contribution is -0.138. The van der Waals surface area contributed by atoms with Crippen molar-refractivity contribution in [1.29, 1.82) is 0 Å². The lowest BCUT2D eigenvalue weighted by Gasteiger charge is -2.37. The number of ether oxygens (including phenoxy) is 6. The summed E-state index contributed by atoms with van der Waals surface area (Å²) in [5, 5.41) is 3.46. The minimum absolute atomic E-state index is 0.0865. The van der Waals surface area contributed by atoms with Crippen LogP contribution in [0, 0.1) is 10.8 Å². The lowest BCUT2D eigenvalue weighted by atomic mass is 9.84. The molecule has 0 aliphatic carbocycles. The van der Waals surface area contributed by atoms with Crippen LogP contribution in [0.1, 0.15) is 62.1 Å². The van der Waals surface area contributed by atoms with Crippen LogP contribution in [0.15, 0.2) is 271 Å². The summed E-state index contributed by atoms with van der Waals surface area (Å²) in [5.74, 6) is 1.90. The van der Waals surface area contributed by atoms with E-state index in [-0.39, 0.29) is 16.7 Å². The summed E-state index contributed by atoms with van der Waals surface area (Å²) >= 11 is 3.43. The highest BCUT2D eigenvalue weighted by Gasteiger charge is 2.34. The van der Waals surface area contributed by atoms with E-state index >= 15 is 0 Å². The zero-order valence-electron chi connectivity index (χ0n) is 50.2. The van der Waals surface area contributed by atoms with E-state index in [1.54, 1.807) is 0 Å². The first kappa shape index (κ1) is 62.0. The fourth-order valence-corrected chi connectivity index (χ4v) is 10.9. The summed E-state index contributed by atoms with van der Waals surface area (Å²) < 4.78 is 35.0. The van der Waals surface area contributed by atoms with E-state index in [1.165, 1.54) is 61.2 Å². The van der Waals surface area contributed by atoms with Crippen LogP contribution in [0.4, 0.5) is 11.4 Å². The van der Waals surface area contributed by atoms with Gasteiger partial charge in [0.05, 0.1) is 52.9 Å². The van der Waals surface area contributed by atoms with Crippen LogP contribution in [-0.2, 0) is 18.9 Å². The summed E-state index contributed by atoms with van der Waals surface area (Å²) in [6.45, 7) is 12.3. The Hall–Kier alpha value is -8.08.